The van der Waals surface area contributed by atoms with Crippen LogP contribution in [0.1, 0.15) is 69.1 Å². The van der Waals surface area contributed by atoms with E-state index >= 15 is 0 Å². The van der Waals surface area contributed by atoms with Crippen molar-refractivity contribution in [1.82, 2.24) is 5.32 Å². The molecule has 0 unspecified atom stereocenters. The van der Waals surface area contributed by atoms with Crippen molar-refractivity contribution in [3.05, 3.63) is 34.9 Å². The lowest BCUT2D eigenvalue weighted by atomic mass is 9.97. The Kier molecular flexibility index (Phi) is 6.59. The van der Waals surface area contributed by atoms with Gasteiger partial charge in [0.1, 0.15) is 0 Å². The molecule has 1 heteroatoms. The minimum absolute atomic E-state index is 0.875. The Morgan fingerprint density at radius 2 is 1.70 bits per heavy atom. The van der Waals surface area contributed by atoms with Gasteiger partial charge in [0.2, 0.25) is 0 Å². The highest BCUT2D eigenvalue weighted by atomic mass is 14.9. The Morgan fingerprint density at radius 1 is 0.950 bits per heavy atom. The van der Waals surface area contributed by atoms with Crippen molar-refractivity contribution in [2.24, 2.45) is 0 Å². The molecule has 1 nitrogen and oxygen atoms in total. The first kappa shape index (κ1) is 15.6. The van der Waals surface area contributed by atoms with Crippen LogP contribution in [0.25, 0.3) is 0 Å². The normalized spacial score (nSPS) is 14.7. The fourth-order valence-electron chi connectivity index (χ4n) is 2.91. The zero-order valence-corrected chi connectivity index (χ0v) is 13.4. The van der Waals surface area contributed by atoms with Gasteiger partial charge in [-0.1, -0.05) is 44.9 Å². The van der Waals surface area contributed by atoms with Crippen LogP contribution in [0.5, 0.6) is 0 Å². The minimum atomic E-state index is 0.875. The van der Waals surface area contributed by atoms with E-state index in [0.29, 0.717) is 0 Å². The Hall–Kier alpha value is -0.820. The molecule has 0 saturated heterocycles. The molecule has 0 aromatic heterocycles. The number of benzene rings is 1. The zero-order valence-electron chi connectivity index (χ0n) is 13.4. The second kappa shape index (κ2) is 8.46. The number of unbranched alkanes of at least 4 members (excludes halogenated alkanes) is 3. The van der Waals surface area contributed by atoms with E-state index in [1.165, 1.54) is 69.0 Å². The van der Waals surface area contributed by atoms with Gasteiger partial charge in [0, 0.05) is 6.04 Å². The molecule has 1 aliphatic carbocycles. The predicted molar refractivity (Wildman–Crippen MR) is 88.4 cm³/mol. The van der Waals surface area contributed by atoms with Gasteiger partial charge in [-0.25, -0.2) is 0 Å². The largest absolute Gasteiger partial charge is 0.314 e. The Bertz CT molecular complexity index is 393. The van der Waals surface area contributed by atoms with E-state index in [0.717, 1.165) is 12.5 Å². The summed E-state index contributed by atoms with van der Waals surface area (Å²) in [6.45, 7) is 5.75. The van der Waals surface area contributed by atoms with Gasteiger partial charge in [-0.3, -0.25) is 0 Å². The Morgan fingerprint density at radius 3 is 2.40 bits per heavy atom. The van der Waals surface area contributed by atoms with Crippen LogP contribution in [-0.4, -0.2) is 12.6 Å². The number of rotatable bonds is 10. The molecule has 2 rings (SSSR count). The molecule has 1 aromatic rings. The van der Waals surface area contributed by atoms with E-state index in [1.54, 1.807) is 5.56 Å². The van der Waals surface area contributed by atoms with Crippen LogP contribution in [-0.2, 0) is 19.3 Å². The minimum Gasteiger partial charge on any atom is -0.314 e. The van der Waals surface area contributed by atoms with Crippen LogP contribution in [0.15, 0.2) is 18.2 Å². The van der Waals surface area contributed by atoms with Gasteiger partial charge in [0.25, 0.3) is 0 Å². The molecular formula is C19H31N. The second-order valence-corrected chi connectivity index (χ2v) is 6.20. The molecule has 1 aromatic carbocycles. The van der Waals surface area contributed by atoms with Crippen molar-refractivity contribution in [3.63, 3.8) is 0 Å². The first-order valence-electron chi connectivity index (χ1n) is 8.67. The third kappa shape index (κ3) is 5.28. The molecular weight excluding hydrogens is 242 g/mol. The van der Waals surface area contributed by atoms with Gasteiger partial charge in [-0.05, 0) is 68.2 Å². The van der Waals surface area contributed by atoms with E-state index in [-0.39, 0.29) is 0 Å². The van der Waals surface area contributed by atoms with Crippen molar-refractivity contribution in [1.29, 1.82) is 0 Å². The van der Waals surface area contributed by atoms with Crippen LogP contribution in [0, 0.1) is 0 Å². The fraction of sp³-hybridized carbons (Fsp3) is 0.684. The molecule has 0 heterocycles. The third-order valence-corrected chi connectivity index (χ3v) is 4.44. The summed E-state index contributed by atoms with van der Waals surface area (Å²) in [5.41, 5.74) is 4.62. The maximum absolute atomic E-state index is 3.59. The van der Waals surface area contributed by atoms with E-state index < -0.39 is 0 Å². The van der Waals surface area contributed by atoms with Gasteiger partial charge in [-0.2, -0.15) is 0 Å². The van der Waals surface area contributed by atoms with Crippen molar-refractivity contribution in [2.75, 3.05) is 6.54 Å². The van der Waals surface area contributed by atoms with Crippen LogP contribution in [0.2, 0.25) is 0 Å². The van der Waals surface area contributed by atoms with Crippen molar-refractivity contribution >= 4 is 0 Å². The van der Waals surface area contributed by atoms with Crippen LogP contribution < -0.4 is 5.32 Å². The number of nitrogens with one attached hydrogen (secondary N) is 1. The topological polar surface area (TPSA) is 12.0 Å². The lowest BCUT2D eigenvalue weighted by Gasteiger charge is -2.09. The van der Waals surface area contributed by atoms with Crippen molar-refractivity contribution in [2.45, 2.75) is 77.7 Å². The highest BCUT2D eigenvalue weighted by Crippen LogP contribution is 2.19. The molecule has 112 valence electrons. The molecule has 0 bridgehead atoms. The third-order valence-electron chi connectivity index (χ3n) is 4.44. The zero-order chi connectivity index (χ0) is 14.2. The predicted octanol–water partition coefficient (Wildman–Crippen LogP) is 4.67. The van der Waals surface area contributed by atoms with Crippen LogP contribution in [0.3, 0.4) is 0 Å². The monoisotopic (exact) mass is 273 g/mol. The summed E-state index contributed by atoms with van der Waals surface area (Å²) in [6.07, 6.45) is 11.9. The summed E-state index contributed by atoms with van der Waals surface area (Å²) in [5.74, 6) is 0. The fourth-order valence-corrected chi connectivity index (χ4v) is 2.91. The molecule has 1 fully saturated rings. The van der Waals surface area contributed by atoms with Gasteiger partial charge in [-0.15, -0.1) is 0 Å². The molecule has 1 N–H and O–H groups in total. The smallest absolute Gasteiger partial charge is 0.00682 e. The lowest BCUT2D eigenvalue weighted by Crippen LogP contribution is -2.17. The summed E-state index contributed by atoms with van der Waals surface area (Å²) >= 11 is 0. The molecule has 0 aliphatic heterocycles. The SMILES string of the molecule is CCc1ccc(CCCCCCNC2CC2)cc1CC. The van der Waals surface area contributed by atoms with Gasteiger partial charge in [0.05, 0.1) is 0 Å². The van der Waals surface area contributed by atoms with Gasteiger partial charge in [0.15, 0.2) is 0 Å². The Labute approximate surface area is 125 Å². The molecule has 20 heavy (non-hydrogen) atoms. The molecule has 0 radical (unpaired) electrons. The van der Waals surface area contributed by atoms with Crippen LogP contribution >= 0.6 is 0 Å². The first-order valence-corrected chi connectivity index (χ1v) is 8.67. The van der Waals surface area contributed by atoms with Crippen LogP contribution in [0.4, 0.5) is 0 Å². The summed E-state index contributed by atoms with van der Waals surface area (Å²) in [6, 6.07) is 7.99. The number of hydrogen-bond donors (Lipinski definition) is 1. The average molecular weight is 273 g/mol. The van der Waals surface area contributed by atoms with E-state index in [1.807, 2.05) is 0 Å². The maximum Gasteiger partial charge on any atom is 0.00682 e. The number of hydrogen-bond acceptors (Lipinski definition) is 1. The number of aryl methyl sites for hydroxylation is 3. The van der Waals surface area contributed by atoms with Crippen molar-refractivity contribution in [3.8, 4) is 0 Å². The average Bonchev–Trinajstić information content (AvgIpc) is 3.30. The molecule has 0 spiro atoms. The second-order valence-electron chi connectivity index (χ2n) is 6.20. The summed E-state index contributed by atoms with van der Waals surface area (Å²) in [5, 5.41) is 3.59. The molecule has 0 amide bonds. The summed E-state index contributed by atoms with van der Waals surface area (Å²) in [4.78, 5) is 0. The lowest BCUT2D eigenvalue weighted by molar-refractivity contribution is 0.585. The highest BCUT2D eigenvalue weighted by molar-refractivity contribution is 5.32. The Balaban J connectivity index is 1.60. The quantitative estimate of drug-likeness (QED) is 0.611. The summed E-state index contributed by atoms with van der Waals surface area (Å²) in [7, 11) is 0. The molecule has 0 atom stereocenters. The standard InChI is InChI=1S/C19H31N/c1-3-17-11-10-16(15-18(17)4-2)9-7-5-6-8-14-20-19-12-13-19/h10-11,15,19-20H,3-9,12-14H2,1-2H3. The van der Waals surface area contributed by atoms with Crippen molar-refractivity contribution < 1.29 is 0 Å². The van der Waals surface area contributed by atoms with E-state index in [2.05, 4.69) is 37.4 Å². The van der Waals surface area contributed by atoms with Gasteiger partial charge < -0.3 is 5.32 Å². The molecule has 1 aliphatic rings. The van der Waals surface area contributed by atoms with E-state index in [9.17, 15) is 0 Å². The highest BCUT2D eigenvalue weighted by Gasteiger charge is 2.19. The van der Waals surface area contributed by atoms with Gasteiger partial charge >= 0.3 is 0 Å². The molecule has 1 saturated carbocycles. The summed E-state index contributed by atoms with van der Waals surface area (Å²) < 4.78 is 0. The first-order chi connectivity index (χ1) is 9.83. The van der Waals surface area contributed by atoms with E-state index in [4.69, 9.17) is 0 Å². The maximum atomic E-state index is 3.59.